The molecule has 7 nitrogen and oxygen atoms in total. The van der Waals surface area contributed by atoms with Gasteiger partial charge in [-0.3, -0.25) is 9.89 Å². The quantitative estimate of drug-likeness (QED) is 0.492. The lowest BCUT2D eigenvalue weighted by Crippen LogP contribution is -2.24. The van der Waals surface area contributed by atoms with Crippen LogP contribution in [0.15, 0.2) is 18.3 Å². The first kappa shape index (κ1) is 15.0. The van der Waals surface area contributed by atoms with Crippen LogP contribution >= 0.6 is 0 Å². The van der Waals surface area contributed by atoms with Gasteiger partial charge in [-0.25, -0.2) is 10.8 Å². The molecule has 0 aromatic carbocycles. The molecule has 112 valence electrons. The summed E-state index contributed by atoms with van der Waals surface area (Å²) in [4.78, 5) is 16.6. The van der Waals surface area contributed by atoms with E-state index in [0.717, 1.165) is 17.0 Å². The third kappa shape index (κ3) is 3.57. The van der Waals surface area contributed by atoms with E-state index in [0.29, 0.717) is 17.9 Å². The van der Waals surface area contributed by atoms with Crippen LogP contribution in [0.2, 0.25) is 0 Å². The zero-order valence-corrected chi connectivity index (χ0v) is 12.4. The normalized spacial score (nSPS) is 10.7. The lowest BCUT2D eigenvalue weighted by atomic mass is 10.1. The van der Waals surface area contributed by atoms with Crippen LogP contribution in [0.25, 0.3) is 0 Å². The van der Waals surface area contributed by atoms with Crippen LogP contribution in [-0.2, 0) is 6.54 Å². The lowest BCUT2D eigenvalue weighted by molar-refractivity contribution is 0.0950. The van der Waals surface area contributed by atoms with Crippen LogP contribution in [0.4, 0.5) is 5.82 Å². The third-order valence-electron chi connectivity index (χ3n) is 3.22. The maximum absolute atomic E-state index is 12.3. The second kappa shape index (κ2) is 6.36. The number of hydrogen-bond acceptors (Lipinski definition) is 5. The SMILES string of the molecule is Cc1[nH]ncc1CNC(=O)c1cc(NN)nc(C(C)C)c1. The molecule has 0 atom stereocenters. The molecule has 0 aliphatic heterocycles. The van der Waals surface area contributed by atoms with E-state index in [4.69, 9.17) is 5.84 Å². The van der Waals surface area contributed by atoms with Crippen molar-refractivity contribution < 1.29 is 4.79 Å². The zero-order valence-electron chi connectivity index (χ0n) is 12.4. The van der Waals surface area contributed by atoms with Gasteiger partial charge in [0.1, 0.15) is 5.82 Å². The van der Waals surface area contributed by atoms with E-state index in [1.54, 1.807) is 18.3 Å². The van der Waals surface area contributed by atoms with Crippen molar-refractivity contribution in [2.24, 2.45) is 5.84 Å². The topological polar surface area (TPSA) is 109 Å². The van der Waals surface area contributed by atoms with Gasteiger partial charge in [-0.2, -0.15) is 5.10 Å². The van der Waals surface area contributed by atoms with E-state index in [9.17, 15) is 4.79 Å². The fourth-order valence-electron chi connectivity index (χ4n) is 1.88. The molecule has 0 bridgehead atoms. The predicted molar refractivity (Wildman–Crippen MR) is 80.6 cm³/mol. The highest BCUT2D eigenvalue weighted by Crippen LogP contribution is 2.17. The van der Waals surface area contributed by atoms with Crippen LogP contribution in [0.1, 0.15) is 47.1 Å². The summed E-state index contributed by atoms with van der Waals surface area (Å²) >= 11 is 0. The van der Waals surface area contributed by atoms with Crippen molar-refractivity contribution in [1.82, 2.24) is 20.5 Å². The number of aromatic nitrogens is 3. The van der Waals surface area contributed by atoms with E-state index >= 15 is 0 Å². The second-order valence-electron chi connectivity index (χ2n) is 5.17. The molecular weight excluding hydrogens is 268 g/mol. The Balaban J connectivity index is 2.14. The summed E-state index contributed by atoms with van der Waals surface area (Å²) in [5.74, 6) is 5.92. The average molecular weight is 288 g/mol. The van der Waals surface area contributed by atoms with Crippen LogP contribution in [0.5, 0.6) is 0 Å². The van der Waals surface area contributed by atoms with Crippen LogP contribution in [-0.4, -0.2) is 21.1 Å². The summed E-state index contributed by atoms with van der Waals surface area (Å²) in [5.41, 5.74) is 5.73. The van der Waals surface area contributed by atoms with E-state index < -0.39 is 0 Å². The summed E-state index contributed by atoms with van der Waals surface area (Å²) in [6.07, 6.45) is 1.70. The molecule has 0 spiro atoms. The first-order valence-electron chi connectivity index (χ1n) is 6.77. The van der Waals surface area contributed by atoms with Gasteiger partial charge >= 0.3 is 0 Å². The number of hydrogen-bond donors (Lipinski definition) is 4. The number of pyridine rings is 1. The van der Waals surface area contributed by atoms with Gasteiger partial charge in [0.15, 0.2) is 0 Å². The Kier molecular flexibility index (Phi) is 4.54. The Morgan fingerprint density at radius 2 is 2.19 bits per heavy atom. The van der Waals surface area contributed by atoms with E-state index in [2.05, 4.69) is 25.9 Å². The van der Waals surface area contributed by atoms with E-state index in [-0.39, 0.29) is 11.8 Å². The van der Waals surface area contributed by atoms with Gasteiger partial charge in [-0.05, 0) is 25.0 Å². The monoisotopic (exact) mass is 288 g/mol. The summed E-state index contributed by atoms with van der Waals surface area (Å²) in [6.45, 7) is 6.36. The number of aryl methyl sites for hydroxylation is 1. The van der Waals surface area contributed by atoms with Crippen molar-refractivity contribution in [1.29, 1.82) is 0 Å². The number of carbonyl (C=O) groups is 1. The van der Waals surface area contributed by atoms with Crippen LogP contribution in [0.3, 0.4) is 0 Å². The van der Waals surface area contributed by atoms with Gasteiger partial charge < -0.3 is 10.7 Å². The first-order chi connectivity index (χ1) is 10.0. The maximum atomic E-state index is 12.3. The molecule has 21 heavy (non-hydrogen) atoms. The number of anilines is 1. The molecule has 1 amide bonds. The van der Waals surface area contributed by atoms with Crippen LogP contribution in [0, 0.1) is 6.92 Å². The Labute approximate surface area is 123 Å². The van der Waals surface area contributed by atoms with Crippen molar-refractivity contribution in [2.45, 2.75) is 33.2 Å². The largest absolute Gasteiger partial charge is 0.348 e. The van der Waals surface area contributed by atoms with E-state index in [1.165, 1.54) is 0 Å². The smallest absolute Gasteiger partial charge is 0.251 e. The predicted octanol–water partition coefficient (Wildman–Crippen LogP) is 1.45. The van der Waals surface area contributed by atoms with E-state index in [1.807, 2.05) is 20.8 Å². The molecule has 0 aliphatic carbocycles. The average Bonchev–Trinajstić information content (AvgIpc) is 2.89. The minimum atomic E-state index is -0.170. The number of nitrogen functional groups attached to an aromatic ring is 1. The maximum Gasteiger partial charge on any atom is 0.251 e. The van der Waals surface area contributed by atoms with Crippen molar-refractivity contribution >= 4 is 11.7 Å². The number of hydrazine groups is 1. The Morgan fingerprint density at radius 3 is 2.76 bits per heavy atom. The highest BCUT2D eigenvalue weighted by molar-refractivity contribution is 5.95. The van der Waals surface area contributed by atoms with Crippen molar-refractivity contribution in [2.75, 3.05) is 5.43 Å². The molecule has 2 aromatic rings. The lowest BCUT2D eigenvalue weighted by Gasteiger charge is -2.11. The van der Waals surface area contributed by atoms with Gasteiger partial charge in [0.2, 0.25) is 0 Å². The van der Waals surface area contributed by atoms with Crippen molar-refractivity contribution in [3.63, 3.8) is 0 Å². The minimum Gasteiger partial charge on any atom is -0.348 e. The molecule has 2 aromatic heterocycles. The minimum absolute atomic E-state index is 0.170. The number of amides is 1. The fourth-order valence-corrected chi connectivity index (χ4v) is 1.88. The Hall–Kier alpha value is -2.41. The summed E-state index contributed by atoms with van der Waals surface area (Å²) in [7, 11) is 0. The van der Waals surface area contributed by atoms with Crippen molar-refractivity contribution in [3.05, 3.63) is 40.8 Å². The number of aromatic amines is 1. The van der Waals surface area contributed by atoms with Crippen LogP contribution < -0.4 is 16.6 Å². The van der Waals surface area contributed by atoms with Gasteiger partial charge in [-0.15, -0.1) is 0 Å². The molecule has 0 radical (unpaired) electrons. The third-order valence-corrected chi connectivity index (χ3v) is 3.22. The fraction of sp³-hybridized carbons (Fsp3) is 0.357. The summed E-state index contributed by atoms with van der Waals surface area (Å²) < 4.78 is 0. The molecule has 5 N–H and O–H groups in total. The molecule has 0 unspecified atom stereocenters. The number of nitrogens with one attached hydrogen (secondary N) is 3. The molecular formula is C14H20N6O. The number of rotatable bonds is 5. The molecule has 2 rings (SSSR count). The molecule has 0 saturated carbocycles. The summed E-state index contributed by atoms with van der Waals surface area (Å²) in [6, 6.07) is 3.41. The Bertz CT molecular complexity index is 634. The number of H-pyrrole nitrogens is 1. The zero-order chi connectivity index (χ0) is 15.4. The number of carbonyl (C=O) groups excluding carboxylic acids is 1. The van der Waals surface area contributed by atoms with Gasteiger partial charge in [0, 0.05) is 29.1 Å². The molecule has 0 aliphatic rings. The summed E-state index contributed by atoms with van der Waals surface area (Å²) in [5, 5.41) is 9.63. The molecule has 0 saturated heterocycles. The highest BCUT2D eigenvalue weighted by Gasteiger charge is 2.12. The first-order valence-corrected chi connectivity index (χ1v) is 6.77. The number of nitrogens with zero attached hydrogens (tertiary/aromatic N) is 2. The highest BCUT2D eigenvalue weighted by atomic mass is 16.1. The molecule has 0 fully saturated rings. The van der Waals surface area contributed by atoms with Gasteiger partial charge in [-0.1, -0.05) is 13.8 Å². The Morgan fingerprint density at radius 1 is 1.43 bits per heavy atom. The van der Waals surface area contributed by atoms with Gasteiger partial charge in [0.05, 0.1) is 6.20 Å². The van der Waals surface area contributed by atoms with Crippen molar-refractivity contribution in [3.8, 4) is 0 Å². The molecule has 2 heterocycles. The molecule has 7 heteroatoms. The standard InChI is InChI=1S/C14H20N6O/c1-8(2)12-4-10(5-13(18-12)19-15)14(21)16-6-11-7-17-20-9(11)3/h4-5,7-8H,6,15H2,1-3H3,(H,16,21)(H,17,20)(H,18,19). The van der Waals surface area contributed by atoms with Gasteiger partial charge in [0.25, 0.3) is 5.91 Å². The second-order valence-corrected chi connectivity index (χ2v) is 5.17. The number of nitrogens with two attached hydrogens (primary N) is 1.